The lowest BCUT2D eigenvalue weighted by atomic mass is 9.93. The van der Waals surface area contributed by atoms with E-state index in [1.165, 1.54) is 49.9 Å². The van der Waals surface area contributed by atoms with Crippen LogP contribution in [-0.4, -0.2) is 11.9 Å². The van der Waals surface area contributed by atoms with Crippen molar-refractivity contribution >= 4 is 17.2 Å². The highest BCUT2D eigenvalue weighted by Crippen LogP contribution is 2.25. The minimum atomic E-state index is 0.0942. The van der Waals surface area contributed by atoms with Crippen molar-refractivity contribution in [1.82, 2.24) is 5.32 Å². The van der Waals surface area contributed by atoms with Gasteiger partial charge in [0, 0.05) is 6.04 Å². The Morgan fingerprint density at radius 2 is 2.06 bits per heavy atom. The average molecular weight is 251 g/mol. The van der Waals surface area contributed by atoms with Crippen molar-refractivity contribution in [3.63, 3.8) is 0 Å². The van der Waals surface area contributed by atoms with Crippen molar-refractivity contribution in [2.75, 3.05) is 0 Å². The van der Waals surface area contributed by atoms with Crippen LogP contribution in [-0.2, 0) is 0 Å². The Hall–Kier alpha value is -0.830. The number of hydrogen-bond donors (Lipinski definition) is 1. The Morgan fingerprint density at radius 1 is 1.35 bits per heavy atom. The second-order valence-corrected chi connectivity index (χ2v) is 5.94. The molecule has 1 fully saturated rings. The number of thiophene rings is 1. The van der Waals surface area contributed by atoms with Crippen molar-refractivity contribution in [1.29, 1.82) is 0 Å². The molecule has 94 valence electrons. The smallest absolute Gasteiger partial charge is 0.261 e. The number of carbonyl (C=O) groups excluding carboxylic acids is 1. The van der Waals surface area contributed by atoms with Gasteiger partial charge >= 0.3 is 0 Å². The summed E-state index contributed by atoms with van der Waals surface area (Å²) in [5.41, 5.74) is 0. The van der Waals surface area contributed by atoms with Crippen LogP contribution >= 0.6 is 11.3 Å². The number of nitrogens with one attached hydrogen (secondary N) is 1. The summed E-state index contributed by atoms with van der Waals surface area (Å²) in [7, 11) is 0. The summed E-state index contributed by atoms with van der Waals surface area (Å²) in [6.45, 7) is 2.15. The lowest BCUT2D eigenvalue weighted by Crippen LogP contribution is -2.37. The zero-order valence-electron chi connectivity index (χ0n) is 10.4. The molecular weight excluding hydrogens is 230 g/mol. The van der Waals surface area contributed by atoms with Gasteiger partial charge < -0.3 is 5.32 Å². The fourth-order valence-corrected chi connectivity index (χ4v) is 3.24. The summed E-state index contributed by atoms with van der Waals surface area (Å²) in [5.74, 6) is 0.762. The third-order valence-electron chi connectivity index (χ3n) is 3.71. The third kappa shape index (κ3) is 3.56. The van der Waals surface area contributed by atoms with E-state index in [2.05, 4.69) is 12.2 Å². The van der Waals surface area contributed by atoms with Crippen LogP contribution in [0, 0.1) is 5.92 Å². The van der Waals surface area contributed by atoms with Gasteiger partial charge in [0.05, 0.1) is 4.88 Å². The van der Waals surface area contributed by atoms with Crippen molar-refractivity contribution < 1.29 is 4.79 Å². The zero-order valence-corrected chi connectivity index (χ0v) is 11.3. The van der Waals surface area contributed by atoms with Crippen LogP contribution < -0.4 is 5.32 Å². The maximum atomic E-state index is 11.9. The fourth-order valence-electron chi connectivity index (χ4n) is 2.61. The van der Waals surface area contributed by atoms with E-state index in [9.17, 15) is 4.79 Å². The number of rotatable bonds is 3. The number of amides is 1. The van der Waals surface area contributed by atoms with Crippen LogP contribution in [0.15, 0.2) is 17.5 Å². The molecule has 0 unspecified atom stereocenters. The first-order valence-electron chi connectivity index (χ1n) is 6.62. The van der Waals surface area contributed by atoms with E-state index in [1.54, 1.807) is 0 Å². The lowest BCUT2D eigenvalue weighted by molar-refractivity contribution is 0.0928. The highest BCUT2D eigenvalue weighted by Gasteiger charge is 2.21. The van der Waals surface area contributed by atoms with Gasteiger partial charge in [-0.15, -0.1) is 11.3 Å². The molecule has 1 aromatic heterocycles. The minimum Gasteiger partial charge on any atom is -0.349 e. The molecule has 3 heteroatoms. The second kappa shape index (κ2) is 6.20. The summed E-state index contributed by atoms with van der Waals surface area (Å²) < 4.78 is 0. The van der Waals surface area contributed by atoms with Gasteiger partial charge in [-0.2, -0.15) is 0 Å². The van der Waals surface area contributed by atoms with E-state index in [-0.39, 0.29) is 5.91 Å². The van der Waals surface area contributed by atoms with Crippen LogP contribution in [0.3, 0.4) is 0 Å². The van der Waals surface area contributed by atoms with Gasteiger partial charge in [0.1, 0.15) is 0 Å². The van der Waals surface area contributed by atoms with Crippen molar-refractivity contribution in [2.24, 2.45) is 5.92 Å². The van der Waals surface area contributed by atoms with Crippen molar-refractivity contribution in [2.45, 2.75) is 51.5 Å². The standard InChI is InChI=1S/C14H21NOS/c1-11(12-7-4-2-3-5-8-12)15-14(16)13-9-6-10-17-13/h6,9-12H,2-5,7-8H2,1H3,(H,15,16)/t11-/m0/s1. The highest BCUT2D eigenvalue weighted by molar-refractivity contribution is 7.12. The summed E-state index contributed by atoms with van der Waals surface area (Å²) in [5, 5.41) is 5.10. The zero-order chi connectivity index (χ0) is 12.1. The molecule has 0 bridgehead atoms. The maximum absolute atomic E-state index is 11.9. The van der Waals surface area contributed by atoms with E-state index in [0.29, 0.717) is 12.0 Å². The van der Waals surface area contributed by atoms with Gasteiger partial charge in [0.15, 0.2) is 0 Å². The monoisotopic (exact) mass is 251 g/mol. The van der Waals surface area contributed by atoms with Crippen LogP contribution in [0.25, 0.3) is 0 Å². The van der Waals surface area contributed by atoms with E-state index >= 15 is 0 Å². The summed E-state index contributed by atoms with van der Waals surface area (Å²) in [6.07, 6.45) is 7.91. The molecular formula is C14H21NOS. The molecule has 2 nitrogen and oxygen atoms in total. The first-order chi connectivity index (χ1) is 8.27. The molecule has 0 saturated heterocycles. The maximum Gasteiger partial charge on any atom is 0.261 e. The predicted molar refractivity (Wildman–Crippen MR) is 72.4 cm³/mol. The van der Waals surface area contributed by atoms with Crippen molar-refractivity contribution in [3.05, 3.63) is 22.4 Å². The minimum absolute atomic E-state index is 0.0942. The second-order valence-electron chi connectivity index (χ2n) is 4.99. The van der Waals surface area contributed by atoms with Gasteiger partial charge in [0.25, 0.3) is 5.91 Å². The molecule has 0 spiro atoms. The van der Waals surface area contributed by atoms with Gasteiger partial charge in [-0.3, -0.25) is 4.79 Å². The molecule has 1 saturated carbocycles. The molecule has 0 radical (unpaired) electrons. The Bertz CT molecular complexity index is 339. The van der Waals surface area contributed by atoms with Gasteiger partial charge in [-0.25, -0.2) is 0 Å². The van der Waals surface area contributed by atoms with E-state index in [0.717, 1.165) is 4.88 Å². The highest BCUT2D eigenvalue weighted by atomic mass is 32.1. The Labute approximate surface area is 107 Å². The summed E-state index contributed by atoms with van der Waals surface area (Å²) in [4.78, 5) is 12.8. The van der Waals surface area contributed by atoms with E-state index in [4.69, 9.17) is 0 Å². The normalized spacial score (nSPS) is 19.6. The van der Waals surface area contributed by atoms with Crippen LogP contribution in [0.5, 0.6) is 0 Å². The Kier molecular flexibility index (Phi) is 4.60. The molecule has 1 amide bonds. The van der Waals surface area contributed by atoms with Crippen molar-refractivity contribution in [3.8, 4) is 0 Å². The van der Waals surface area contributed by atoms with Gasteiger partial charge in [-0.05, 0) is 37.1 Å². The van der Waals surface area contributed by atoms with Gasteiger partial charge in [0.2, 0.25) is 0 Å². The molecule has 2 rings (SSSR count). The summed E-state index contributed by atoms with van der Waals surface area (Å²) in [6, 6.07) is 4.12. The fraction of sp³-hybridized carbons (Fsp3) is 0.643. The predicted octanol–water partition coefficient (Wildman–Crippen LogP) is 3.84. The van der Waals surface area contributed by atoms with E-state index < -0.39 is 0 Å². The molecule has 17 heavy (non-hydrogen) atoms. The quantitative estimate of drug-likeness (QED) is 0.813. The molecule has 1 aliphatic rings. The van der Waals surface area contributed by atoms with Crippen LogP contribution in [0.2, 0.25) is 0 Å². The molecule has 1 aromatic rings. The van der Waals surface area contributed by atoms with Gasteiger partial charge in [-0.1, -0.05) is 31.7 Å². The Balaban J connectivity index is 1.87. The molecule has 1 heterocycles. The summed E-state index contributed by atoms with van der Waals surface area (Å²) >= 11 is 1.51. The molecule has 1 aliphatic carbocycles. The molecule has 0 aromatic carbocycles. The first kappa shape index (κ1) is 12.6. The first-order valence-corrected chi connectivity index (χ1v) is 7.49. The topological polar surface area (TPSA) is 29.1 Å². The third-order valence-corrected chi connectivity index (χ3v) is 4.58. The Morgan fingerprint density at radius 3 is 2.65 bits per heavy atom. The molecule has 1 N–H and O–H groups in total. The largest absolute Gasteiger partial charge is 0.349 e. The van der Waals surface area contributed by atoms with Crippen LogP contribution in [0.4, 0.5) is 0 Å². The lowest BCUT2D eigenvalue weighted by Gasteiger charge is -2.23. The van der Waals surface area contributed by atoms with Crippen LogP contribution in [0.1, 0.15) is 55.1 Å². The molecule has 1 atom stereocenters. The molecule has 0 aliphatic heterocycles. The van der Waals surface area contributed by atoms with E-state index in [1.807, 2.05) is 17.5 Å². The number of carbonyl (C=O) groups is 1. The average Bonchev–Trinajstić information content (AvgIpc) is 2.71. The number of hydrogen-bond acceptors (Lipinski definition) is 2. The SMILES string of the molecule is C[C@H](NC(=O)c1cccs1)C1CCCCCC1.